The van der Waals surface area contributed by atoms with Crippen LogP contribution in [0, 0.1) is 0 Å². The zero-order valence-corrected chi connectivity index (χ0v) is 17.1. The molecule has 0 amide bonds. The fourth-order valence-corrected chi connectivity index (χ4v) is 4.37. The van der Waals surface area contributed by atoms with Crippen LogP contribution in [-0.2, 0) is 4.79 Å². The number of nitrogens with one attached hydrogen (secondary N) is 1. The summed E-state index contributed by atoms with van der Waals surface area (Å²) in [6.07, 6.45) is 2.20. The molecule has 1 aliphatic heterocycles. The van der Waals surface area contributed by atoms with E-state index in [9.17, 15) is 4.79 Å². The molecule has 29 heavy (non-hydrogen) atoms. The highest BCUT2D eigenvalue weighted by atomic mass is 16.5. The van der Waals surface area contributed by atoms with Gasteiger partial charge in [0.05, 0.1) is 28.4 Å². The van der Waals surface area contributed by atoms with Crippen LogP contribution in [0.4, 0.5) is 5.69 Å². The van der Waals surface area contributed by atoms with E-state index in [-0.39, 0.29) is 11.7 Å². The molecular formula is C23H25NO5. The molecule has 2 aromatic carbocycles. The Morgan fingerprint density at radius 3 is 2.41 bits per heavy atom. The van der Waals surface area contributed by atoms with Crippen LogP contribution in [-0.4, -0.2) is 34.2 Å². The van der Waals surface area contributed by atoms with Gasteiger partial charge in [0.1, 0.15) is 11.5 Å². The van der Waals surface area contributed by atoms with Crippen molar-refractivity contribution >= 4 is 11.5 Å². The summed E-state index contributed by atoms with van der Waals surface area (Å²) in [4.78, 5) is 13.1. The highest BCUT2D eigenvalue weighted by molar-refractivity contribution is 6.01. The Bertz CT molecular complexity index is 995. The van der Waals surface area contributed by atoms with Crippen LogP contribution in [0.3, 0.4) is 0 Å². The van der Waals surface area contributed by atoms with E-state index < -0.39 is 0 Å². The Balaban J connectivity index is 2.03. The van der Waals surface area contributed by atoms with Gasteiger partial charge in [-0.3, -0.25) is 4.79 Å². The van der Waals surface area contributed by atoms with Crippen LogP contribution in [0.1, 0.15) is 36.3 Å². The molecule has 2 aliphatic rings. The molecule has 4 rings (SSSR count). The molecule has 0 fully saturated rings. The minimum absolute atomic E-state index is 0.150. The molecule has 0 unspecified atom stereocenters. The van der Waals surface area contributed by atoms with Gasteiger partial charge in [0.2, 0.25) is 0 Å². The van der Waals surface area contributed by atoms with Crippen molar-refractivity contribution in [3.63, 3.8) is 0 Å². The average Bonchev–Trinajstić information content (AvgIpc) is 2.76. The van der Waals surface area contributed by atoms with Gasteiger partial charge in [-0.1, -0.05) is 12.1 Å². The lowest BCUT2D eigenvalue weighted by Gasteiger charge is -2.35. The maximum absolute atomic E-state index is 13.1. The molecular weight excluding hydrogens is 370 g/mol. The van der Waals surface area contributed by atoms with E-state index in [1.165, 1.54) is 0 Å². The van der Waals surface area contributed by atoms with E-state index >= 15 is 0 Å². The van der Waals surface area contributed by atoms with Crippen molar-refractivity contribution in [3.8, 4) is 23.0 Å². The highest BCUT2D eigenvalue weighted by Crippen LogP contribution is 2.53. The number of carbonyl (C=O) groups excluding carboxylic acids is 1. The molecule has 0 saturated carbocycles. The van der Waals surface area contributed by atoms with E-state index in [0.29, 0.717) is 29.4 Å². The third-order valence-corrected chi connectivity index (χ3v) is 5.63. The number of allylic oxidation sites excluding steroid dienone is 2. The number of fused-ring (bicyclic) bond motifs is 1. The highest BCUT2D eigenvalue weighted by Gasteiger charge is 2.39. The number of Topliss-reactive ketones (excluding diaryl/α,β-unsaturated/α-hetero) is 1. The van der Waals surface area contributed by atoms with E-state index in [1.807, 2.05) is 30.3 Å². The third kappa shape index (κ3) is 3.09. The number of para-hydroxylation sites is 1. The normalized spacial score (nSPS) is 17.8. The van der Waals surface area contributed by atoms with Gasteiger partial charge in [0.15, 0.2) is 17.3 Å². The summed E-state index contributed by atoms with van der Waals surface area (Å²) >= 11 is 0. The molecule has 2 aromatic rings. The zero-order chi connectivity index (χ0) is 20.5. The summed E-state index contributed by atoms with van der Waals surface area (Å²) in [5.74, 6) is 2.43. The fourth-order valence-electron chi connectivity index (χ4n) is 4.37. The van der Waals surface area contributed by atoms with Crippen LogP contribution in [0.25, 0.3) is 0 Å². The van der Waals surface area contributed by atoms with Crippen LogP contribution in [0.2, 0.25) is 0 Å². The van der Waals surface area contributed by atoms with Crippen molar-refractivity contribution in [3.05, 3.63) is 52.7 Å². The molecule has 6 nitrogen and oxygen atoms in total. The van der Waals surface area contributed by atoms with Gasteiger partial charge in [-0.15, -0.1) is 0 Å². The number of hydrogen-bond donors (Lipinski definition) is 1. The average molecular weight is 395 g/mol. The molecule has 0 radical (unpaired) electrons. The molecule has 152 valence electrons. The topological polar surface area (TPSA) is 66.0 Å². The standard InChI is InChI=1S/C23H25NO5/c1-26-13-11-16-22(19(12-13)28-3)20(21-15(24-16)8-6-9-17(21)25)14-7-5-10-18(27-2)23(14)29-4/h5,7,10-12,20,24H,6,8-9H2,1-4H3/t20-/m0/s1. The first-order chi connectivity index (χ1) is 14.1. The van der Waals surface area contributed by atoms with Gasteiger partial charge in [0.25, 0.3) is 0 Å². The summed E-state index contributed by atoms with van der Waals surface area (Å²) in [5.41, 5.74) is 4.39. The summed E-state index contributed by atoms with van der Waals surface area (Å²) in [5, 5.41) is 3.47. The minimum Gasteiger partial charge on any atom is -0.497 e. The summed E-state index contributed by atoms with van der Waals surface area (Å²) in [7, 11) is 6.48. The van der Waals surface area contributed by atoms with E-state index in [2.05, 4.69) is 5.32 Å². The predicted octanol–water partition coefficient (Wildman–Crippen LogP) is 4.29. The van der Waals surface area contributed by atoms with Crippen LogP contribution < -0.4 is 24.3 Å². The maximum atomic E-state index is 13.1. The monoisotopic (exact) mass is 395 g/mol. The van der Waals surface area contributed by atoms with Crippen LogP contribution in [0.15, 0.2) is 41.6 Å². The number of methoxy groups -OCH3 is 4. The lowest BCUT2D eigenvalue weighted by Crippen LogP contribution is -2.27. The molecule has 0 saturated heterocycles. The van der Waals surface area contributed by atoms with Gasteiger partial charge in [-0.25, -0.2) is 0 Å². The smallest absolute Gasteiger partial charge is 0.164 e. The Morgan fingerprint density at radius 1 is 0.931 bits per heavy atom. The van der Waals surface area contributed by atoms with E-state index in [1.54, 1.807) is 28.4 Å². The Morgan fingerprint density at radius 2 is 1.72 bits per heavy atom. The molecule has 1 heterocycles. The lowest BCUT2D eigenvalue weighted by molar-refractivity contribution is -0.116. The van der Waals surface area contributed by atoms with Gasteiger partial charge in [0, 0.05) is 52.6 Å². The Labute approximate surface area is 170 Å². The molecule has 1 N–H and O–H groups in total. The van der Waals surface area contributed by atoms with Crippen molar-refractivity contribution in [2.45, 2.75) is 25.2 Å². The minimum atomic E-state index is -0.319. The van der Waals surface area contributed by atoms with E-state index in [0.717, 1.165) is 40.9 Å². The second-order valence-corrected chi connectivity index (χ2v) is 7.10. The number of rotatable bonds is 5. The lowest BCUT2D eigenvalue weighted by atomic mass is 9.74. The number of benzene rings is 2. The van der Waals surface area contributed by atoms with Crippen molar-refractivity contribution in [2.24, 2.45) is 0 Å². The third-order valence-electron chi connectivity index (χ3n) is 5.63. The number of carbonyl (C=O) groups is 1. The second-order valence-electron chi connectivity index (χ2n) is 7.10. The van der Waals surface area contributed by atoms with Crippen molar-refractivity contribution in [1.82, 2.24) is 0 Å². The maximum Gasteiger partial charge on any atom is 0.164 e. The second kappa shape index (κ2) is 7.70. The molecule has 6 heteroatoms. The number of ketones is 1. The zero-order valence-electron chi connectivity index (χ0n) is 17.1. The molecule has 0 spiro atoms. The summed E-state index contributed by atoms with van der Waals surface area (Å²) in [6.45, 7) is 0. The first-order valence-corrected chi connectivity index (χ1v) is 9.63. The van der Waals surface area contributed by atoms with Gasteiger partial charge in [-0.05, 0) is 18.9 Å². The molecule has 1 aliphatic carbocycles. The van der Waals surface area contributed by atoms with Crippen molar-refractivity contribution in [1.29, 1.82) is 0 Å². The summed E-state index contributed by atoms with van der Waals surface area (Å²) in [6, 6.07) is 9.55. The van der Waals surface area contributed by atoms with Gasteiger partial charge >= 0.3 is 0 Å². The van der Waals surface area contributed by atoms with Crippen LogP contribution in [0.5, 0.6) is 23.0 Å². The van der Waals surface area contributed by atoms with Gasteiger partial charge in [-0.2, -0.15) is 0 Å². The first kappa shape index (κ1) is 19.2. The van der Waals surface area contributed by atoms with Crippen molar-refractivity contribution in [2.75, 3.05) is 33.8 Å². The number of hydrogen-bond acceptors (Lipinski definition) is 6. The van der Waals surface area contributed by atoms with Gasteiger partial charge < -0.3 is 24.3 Å². The summed E-state index contributed by atoms with van der Waals surface area (Å²) < 4.78 is 22.4. The fraction of sp³-hybridized carbons (Fsp3) is 0.348. The Kier molecular flexibility index (Phi) is 5.09. The molecule has 0 bridgehead atoms. The number of anilines is 1. The first-order valence-electron chi connectivity index (χ1n) is 9.63. The Hall–Kier alpha value is -3.15. The molecule has 1 atom stereocenters. The predicted molar refractivity (Wildman–Crippen MR) is 110 cm³/mol. The quantitative estimate of drug-likeness (QED) is 0.815. The number of ether oxygens (including phenoxy) is 4. The molecule has 0 aromatic heterocycles. The van der Waals surface area contributed by atoms with Crippen LogP contribution >= 0.6 is 0 Å². The van der Waals surface area contributed by atoms with Crippen molar-refractivity contribution < 1.29 is 23.7 Å². The SMILES string of the molecule is COc1cc2c(c(OC)c1)[C@@H](c1cccc(OC)c1OC)C1=C(CCCC1=O)N2. The largest absolute Gasteiger partial charge is 0.497 e. The van der Waals surface area contributed by atoms with E-state index in [4.69, 9.17) is 18.9 Å².